The second kappa shape index (κ2) is 7.63. The number of benzene rings is 1. The van der Waals surface area contributed by atoms with Crippen molar-refractivity contribution in [1.82, 2.24) is 19.8 Å². The van der Waals surface area contributed by atoms with Crippen LogP contribution in [0.1, 0.15) is 6.42 Å². The standard InChI is InChI=1S/C16H20N4O3.ClH/c1-17-8-11-6-7-19(9-11)14(21)10-20-15(22)12-4-2-3-5-13(12)18-16(20)23;/h2-5,11,17H,6-10H2,1H3,(H,18,23);1H. The fraction of sp³-hybridized carbons (Fsp3) is 0.438. The van der Waals surface area contributed by atoms with E-state index in [1.165, 1.54) is 0 Å². The molecule has 0 aliphatic carbocycles. The Bertz CT molecular complexity index is 845. The molecule has 2 aromatic rings. The number of hydrogen-bond acceptors (Lipinski definition) is 4. The molecule has 8 heteroatoms. The number of likely N-dealkylation sites (tertiary alicyclic amines) is 1. The van der Waals surface area contributed by atoms with E-state index in [-0.39, 0.29) is 24.9 Å². The van der Waals surface area contributed by atoms with Gasteiger partial charge in [0.25, 0.3) is 5.56 Å². The zero-order chi connectivity index (χ0) is 16.4. The first kappa shape index (κ1) is 18.2. The van der Waals surface area contributed by atoms with Gasteiger partial charge in [-0.1, -0.05) is 12.1 Å². The van der Waals surface area contributed by atoms with E-state index in [1.807, 2.05) is 7.05 Å². The lowest BCUT2D eigenvalue weighted by Gasteiger charge is -2.17. The molecule has 0 radical (unpaired) electrons. The third-order valence-corrected chi connectivity index (χ3v) is 4.31. The monoisotopic (exact) mass is 352 g/mol. The average molecular weight is 353 g/mol. The van der Waals surface area contributed by atoms with Gasteiger partial charge in [0, 0.05) is 13.1 Å². The maximum absolute atomic E-state index is 12.4. The lowest BCUT2D eigenvalue weighted by atomic mass is 10.1. The quantitative estimate of drug-likeness (QED) is 0.821. The molecule has 3 rings (SSSR count). The zero-order valence-corrected chi connectivity index (χ0v) is 14.3. The number of nitrogens with zero attached hydrogens (tertiary/aromatic N) is 2. The molecule has 1 aliphatic heterocycles. The predicted molar refractivity (Wildman–Crippen MR) is 94.7 cm³/mol. The van der Waals surface area contributed by atoms with Crippen molar-refractivity contribution in [3.05, 3.63) is 45.1 Å². The largest absolute Gasteiger partial charge is 0.341 e. The van der Waals surface area contributed by atoms with E-state index >= 15 is 0 Å². The number of amides is 1. The Morgan fingerprint density at radius 1 is 1.33 bits per heavy atom. The van der Waals surface area contributed by atoms with Crippen molar-refractivity contribution in [2.45, 2.75) is 13.0 Å². The van der Waals surface area contributed by atoms with Crippen LogP contribution in [0, 0.1) is 5.92 Å². The summed E-state index contributed by atoms with van der Waals surface area (Å²) in [4.78, 5) is 41.3. The summed E-state index contributed by atoms with van der Waals surface area (Å²) in [6.45, 7) is 1.98. The molecular formula is C16H21ClN4O3. The fourth-order valence-electron chi connectivity index (χ4n) is 3.09. The molecule has 1 aromatic carbocycles. The second-order valence-electron chi connectivity index (χ2n) is 5.92. The first-order chi connectivity index (χ1) is 11.1. The molecule has 2 heterocycles. The predicted octanol–water partition coefficient (Wildman–Crippen LogP) is 0.180. The highest BCUT2D eigenvalue weighted by atomic mass is 35.5. The van der Waals surface area contributed by atoms with E-state index in [0.717, 1.165) is 17.5 Å². The molecule has 1 aromatic heterocycles. The van der Waals surface area contributed by atoms with Crippen LogP contribution in [0.15, 0.2) is 33.9 Å². The normalized spacial score (nSPS) is 17.0. The Labute approximate surface area is 145 Å². The van der Waals surface area contributed by atoms with Crippen molar-refractivity contribution in [3.63, 3.8) is 0 Å². The molecule has 1 saturated heterocycles. The van der Waals surface area contributed by atoms with Gasteiger partial charge >= 0.3 is 5.69 Å². The molecule has 0 saturated carbocycles. The molecule has 1 atom stereocenters. The Hall–Kier alpha value is -2.12. The third-order valence-electron chi connectivity index (χ3n) is 4.31. The Morgan fingerprint density at radius 3 is 2.83 bits per heavy atom. The molecule has 2 N–H and O–H groups in total. The smallest absolute Gasteiger partial charge is 0.329 e. The van der Waals surface area contributed by atoms with Gasteiger partial charge < -0.3 is 15.2 Å². The number of rotatable bonds is 4. The zero-order valence-electron chi connectivity index (χ0n) is 13.4. The topological polar surface area (TPSA) is 87.2 Å². The molecule has 7 nitrogen and oxygen atoms in total. The van der Waals surface area contributed by atoms with Crippen LogP contribution in [0.2, 0.25) is 0 Å². The average Bonchev–Trinajstić information content (AvgIpc) is 3.00. The van der Waals surface area contributed by atoms with E-state index in [0.29, 0.717) is 29.9 Å². The number of H-pyrrole nitrogens is 1. The van der Waals surface area contributed by atoms with Gasteiger partial charge in [0.05, 0.1) is 10.9 Å². The number of carbonyl (C=O) groups excluding carboxylic acids is 1. The summed E-state index contributed by atoms with van der Waals surface area (Å²) in [5.41, 5.74) is -0.488. The summed E-state index contributed by atoms with van der Waals surface area (Å²) in [5, 5.41) is 3.52. The summed E-state index contributed by atoms with van der Waals surface area (Å²) in [7, 11) is 1.89. The van der Waals surface area contributed by atoms with E-state index in [1.54, 1.807) is 29.2 Å². The Kier molecular flexibility index (Phi) is 5.80. The first-order valence-corrected chi connectivity index (χ1v) is 7.74. The number of hydrogen-bond donors (Lipinski definition) is 2. The Morgan fingerprint density at radius 2 is 2.08 bits per heavy atom. The van der Waals surface area contributed by atoms with Gasteiger partial charge in [-0.15, -0.1) is 12.4 Å². The van der Waals surface area contributed by atoms with Crippen molar-refractivity contribution < 1.29 is 4.79 Å². The fourth-order valence-corrected chi connectivity index (χ4v) is 3.09. The minimum Gasteiger partial charge on any atom is -0.341 e. The lowest BCUT2D eigenvalue weighted by molar-refractivity contribution is -0.131. The number of carbonyl (C=O) groups is 1. The summed E-state index contributed by atoms with van der Waals surface area (Å²) >= 11 is 0. The van der Waals surface area contributed by atoms with Gasteiger partial charge in [0.2, 0.25) is 5.91 Å². The molecule has 1 fully saturated rings. The highest BCUT2D eigenvalue weighted by molar-refractivity contribution is 5.85. The van der Waals surface area contributed by atoms with Gasteiger partial charge in [0.1, 0.15) is 6.54 Å². The minimum atomic E-state index is -0.548. The second-order valence-corrected chi connectivity index (χ2v) is 5.92. The van der Waals surface area contributed by atoms with E-state index < -0.39 is 11.2 Å². The van der Waals surface area contributed by atoms with Gasteiger partial charge in [-0.2, -0.15) is 0 Å². The molecule has 0 bridgehead atoms. The van der Waals surface area contributed by atoms with Crippen LogP contribution in [0.3, 0.4) is 0 Å². The maximum Gasteiger partial charge on any atom is 0.329 e. The highest BCUT2D eigenvalue weighted by Crippen LogP contribution is 2.15. The van der Waals surface area contributed by atoms with Crippen LogP contribution in [0.5, 0.6) is 0 Å². The number of fused-ring (bicyclic) bond motifs is 1. The van der Waals surface area contributed by atoms with E-state index in [2.05, 4.69) is 10.3 Å². The number of aromatic amines is 1. The molecule has 0 spiro atoms. The van der Waals surface area contributed by atoms with E-state index in [4.69, 9.17) is 0 Å². The first-order valence-electron chi connectivity index (χ1n) is 7.74. The Balaban J connectivity index is 0.00000208. The summed E-state index contributed by atoms with van der Waals surface area (Å²) in [6, 6.07) is 6.80. The van der Waals surface area contributed by atoms with Crippen LogP contribution < -0.4 is 16.6 Å². The number of para-hydroxylation sites is 1. The van der Waals surface area contributed by atoms with Crippen molar-refractivity contribution >= 4 is 29.2 Å². The van der Waals surface area contributed by atoms with Crippen LogP contribution in [0.4, 0.5) is 0 Å². The molecule has 1 aliphatic rings. The van der Waals surface area contributed by atoms with Crippen LogP contribution in [0.25, 0.3) is 10.9 Å². The van der Waals surface area contributed by atoms with Gasteiger partial charge in [-0.25, -0.2) is 4.79 Å². The highest BCUT2D eigenvalue weighted by Gasteiger charge is 2.26. The molecule has 1 unspecified atom stereocenters. The third kappa shape index (κ3) is 3.52. The van der Waals surface area contributed by atoms with Gasteiger partial charge in [0.15, 0.2) is 0 Å². The van der Waals surface area contributed by atoms with Crippen LogP contribution in [-0.4, -0.2) is 47.0 Å². The summed E-state index contributed by atoms with van der Waals surface area (Å²) in [6.07, 6.45) is 0.940. The van der Waals surface area contributed by atoms with Gasteiger partial charge in [-0.3, -0.25) is 14.2 Å². The summed E-state index contributed by atoms with van der Waals surface area (Å²) in [5.74, 6) is 0.238. The number of halogens is 1. The van der Waals surface area contributed by atoms with Crippen LogP contribution in [-0.2, 0) is 11.3 Å². The molecule has 1 amide bonds. The van der Waals surface area contributed by atoms with Crippen molar-refractivity contribution in [1.29, 1.82) is 0 Å². The van der Waals surface area contributed by atoms with Crippen LogP contribution >= 0.6 is 12.4 Å². The van der Waals surface area contributed by atoms with Crippen molar-refractivity contribution in [2.75, 3.05) is 26.7 Å². The van der Waals surface area contributed by atoms with E-state index in [9.17, 15) is 14.4 Å². The summed E-state index contributed by atoms with van der Waals surface area (Å²) < 4.78 is 0.982. The molecular weight excluding hydrogens is 332 g/mol. The SMILES string of the molecule is CNCC1CCN(C(=O)Cn2c(=O)[nH]c3ccccc3c2=O)C1.Cl. The molecule has 130 valence electrons. The lowest BCUT2D eigenvalue weighted by Crippen LogP contribution is -2.41. The van der Waals surface area contributed by atoms with Crippen molar-refractivity contribution in [3.8, 4) is 0 Å². The number of aromatic nitrogens is 2. The maximum atomic E-state index is 12.4. The van der Waals surface area contributed by atoms with Gasteiger partial charge in [-0.05, 0) is 38.1 Å². The number of nitrogens with one attached hydrogen (secondary N) is 2. The van der Waals surface area contributed by atoms with Crippen molar-refractivity contribution in [2.24, 2.45) is 5.92 Å². The minimum absolute atomic E-state index is 0. The molecule has 24 heavy (non-hydrogen) atoms.